The molecule has 1 N–H and O–H groups in total. The number of hydrogen-bond acceptors (Lipinski definition) is 3. The van der Waals surface area contributed by atoms with Crippen molar-refractivity contribution >= 4 is 11.8 Å². The monoisotopic (exact) mass is 265 g/mol. The molecule has 1 aliphatic heterocycles. The van der Waals surface area contributed by atoms with Crippen molar-refractivity contribution in [3.63, 3.8) is 0 Å². The van der Waals surface area contributed by atoms with E-state index in [0.29, 0.717) is 10.7 Å². The van der Waals surface area contributed by atoms with Crippen LogP contribution >= 0.6 is 11.8 Å². The molecule has 18 heavy (non-hydrogen) atoms. The molecule has 2 nitrogen and oxygen atoms in total. The van der Waals surface area contributed by atoms with Gasteiger partial charge in [0.05, 0.1) is 6.54 Å². The minimum Gasteiger partial charge on any atom is -0.464 e. The lowest BCUT2D eigenvalue weighted by atomic mass is 10.1. The van der Waals surface area contributed by atoms with Gasteiger partial charge in [0.1, 0.15) is 11.5 Å². The lowest BCUT2D eigenvalue weighted by Crippen LogP contribution is -2.32. The summed E-state index contributed by atoms with van der Waals surface area (Å²) >= 11 is 2.11. The van der Waals surface area contributed by atoms with Crippen molar-refractivity contribution in [1.82, 2.24) is 5.32 Å². The quantitative estimate of drug-likeness (QED) is 0.877. The van der Waals surface area contributed by atoms with Gasteiger partial charge in [0.2, 0.25) is 0 Å². The molecule has 1 aromatic heterocycles. The number of nitrogens with one attached hydrogen (secondary N) is 1. The van der Waals surface area contributed by atoms with E-state index in [1.807, 2.05) is 0 Å². The normalized spacial score (nSPS) is 35.0. The van der Waals surface area contributed by atoms with Crippen molar-refractivity contribution in [2.24, 2.45) is 5.92 Å². The second-order valence-corrected chi connectivity index (χ2v) is 7.81. The van der Waals surface area contributed by atoms with Crippen LogP contribution in [0.15, 0.2) is 16.5 Å². The summed E-state index contributed by atoms with van der Waals surface area (Å²) in [6.45, 7) is 6.63. The van der Waals surface area contributed by atoms with Crippen molar-refractivity contribution in [2.75, 3.05) is 12.3 Å². The minimum atomic E-state index is 0.445. The van der Waals surface area contributed by atoms with Crippen molar-refractivity contribution in [3.8, 4) is 0 Å². The molecule has 1 saturated carbocycles. The molecule has 2 fully saturated rings. The van der Waals surface area contributed by atoms with Crippen LogP contribution in [-0.4, -0.2) is 17.0 Å². The molecule has 0 bridgehead atoms. The molecule has 3 unspecified atom stereocenters. The first kappa shape index (κ1) is 12.6. The lowest BCUT2D eigenvalue weighted by Gasteiger charge is -2.22. The van der Waals surface area contributed by atoms with Gasteiger partial charge in [-0.15, -0.1) is 0 Å². The van der Waals surface area contributed by atoms with Crippen LogP contribution < -0.4 is 5.32 Å². The van der Waals surface area contributed by atoms with Gasteiger partial charge in [-0.2, -0.15) is 11.8 Å². The maximum absolute atomic E-state index is 5.91. The van der Waals surface area contributed by atoms with Crippen molar-refractivity contribution in [2.45, 2.75) is 50.3 Å². The topological polar surface area (TPSA) is 25.2 Å². The first-order valence-electron chi connectivity index (χ1n) is 7.10. The SMILES string of the molecule is CC1CC1c1ccc(CNCC2(C)CCCS2)o1. The molecule has 1 aromatic rings. The molecule has 0 radical (unpaired) electrons. The number of rotatable bonds is 5. The zero-order chi connectivity index (χ0) is 12.6. The maximum Gasteiger partial charge on any atom is 0.117 e. The summed E-state index contributed by atoms with van der Waals surface area (Å²) in [4.78, 5) is 0. The van der Waals surface area contributed by atoms with E-state index in [4.69, 9.17) is 4.42 Å². The Morgan fingerprint density at radius 1 is 1.50 bits per heavy atom. The second-order valence-electron chi connectivity index (χ2n) is 6.13. The molecule has 0 spiro atoms. The molecule has 2 heterocycles. The van der Waals surface area contributed by atoms with Crippen LogP contribution in [0.4, 0.5) is 0 Å². The molecule has 3 heteroatoms. The van der Waals surface area contributed by atoms with Crippen LogP contribution in [0.5, 0.6) is 0 Å². The fraction of sp³-hybridized carbons (Fsp3) is 0.733. The Balaban J connectivity index is 1.46. The van der Waals surface area contributed by atoms with Gasteiger partial charge in [-0.1, -0.05) is 6.92 Å². The first-order chi connectivity index (χ1) is 8.66. The van der Waals surface area contributed by atoms with Crippen LogP contribution in [0.2, 0.25) is 0 Å². The molecule has 100 valence electrons. The third-order valence-corrected chi connectivity index (χ3v) is 5.79. The van der Waals surface area contributed by atoms with Crippen molar-refractivity contribution < 1.29 is 4.42 Å². The van der Waals surface area contributed by atoms with E-state index < -0.39 is 0 Å². The van der Waals surface area contributed by atoms with Gasteiger partial charge < -0.3 is 9.73 Å². The van der Waals surface area contributed by atoms with Gasteiger partial charge in [-0.05, 0) is 50.0 Å². The fourth-order valence-electron chi connectivity index (χ4n) is 2.83. The smallest absolute Gasteiger partial charge is 0.117 e. The Morgan fingerprint density at radius 3 is 3.00 bits per heavy atom. The zero-order valence-electron chi connectivity index (χ0n) is 11.4. The van der Waals surface area contributed by atoms with Crippen LogP contribution in [-0.2, 0) is 6.54 Å². The van der Waals surface area contributed by atoms with E-state index in [0.717, 1.165) is 24.8 Å². The van der Waals surface area contributed by atoms with E-state index in [2.05, 4.69) is 43.1 Å². The fourth-order valence-corrected chi connectivity index (χ4v) is 4.11. The molecule has 1 aliphatic carbocycles. The lowest BCUT2D eigenvalue weighted by molar-refractivity contribution is 0.434. The average Bonchev–Trinajstić information content (AvgIpc) is 2.79. The standard InChI is InChI=1S/C15H23NOS/c1-11-8-13(11)14-5-4-12(17-14)9-16-10-15(2)6-3-7-18-15/h4-5,11,13,16H,3,6-10H2,1-2H3. The van der Waals surface area contributed by atoms with Gasteiger partial charge in [0, 0.05) is 17.2 Å². The Morgan fingerprint density at radius 2 is 2.33 bits per heavy atom. The zero-order valence-corrected chi connectivity index (χ0v) is 12.2. The van der Waals surface area contributed by atoms with Crippen LogP contribution in [0.1, 0.15) is 50.5 Å². The molecule has 0 amide bonds. The summed E-state index contributed by atoms with van der Waals surface area (Å²) in [6.07, 6.45) is 4.01. The van der Waals surface area contributed by atoms with E-state index in [-0.39, 0.29) is 0 Å². The highest BCUT2D eigenvalue weighted by Crippen LogP contribution is 2.47. The summed E-state index contributed by atoms with van der Waals surface area (Å²) in [5.74, 6) is 5.13. The van der Waals surface area contributed by atoms with E-state index in [1.54, 1.807) is 0 Å². The Bertz CT molecular complexity index is 408. The Labute approximate surface area is 114 Å². The van der Waals surface area contributed by atoms with Crippen LogP contribution in [0.25, 0.3) is 0 Å². The molecule has 2 aliphatic rings. The van der Waals surface area contributed by atoms with Crippen LogP contribution in [0, 0.1) is 5.92 Å². The van der Waals surface area contributed by atoms with Gasteiger partial charge in [-0.3, -0.25) is 0 Å². The third-order valence-electron chi connectivity index (χ3n) is 4.26. The third kappa shape index (κ3) is 2.77. The highest BCUT2D eigenvalue weighted by Gasteiger charge is 2.36. The maximum atomic E-state index is 5.91. The summed E-state index contributed by atoms with van der Waals surface area (Å²) in [6, 6.07) is 4.30. The molecular formula is C15H23NOS. The molecular weight excluding hydrogens is 242 g/mol. The first-order valence-corrected chi connectivity index (χ1v) is 8.08. The predicted molar refractivity (Wildman–Crippen MR) is 77.0 cm³/mol. The molecule has 0 aromatic carbocycles. The average molecular weight is 265 g/mol. The Kier molecular flexibility index (Phi) is 3.46. The van der Waals surface area contributed by atoms with E-state index in [9.17, 15) is 0 Å². The summed E-state index contributed by atoms with van der Waals surface area (Å²) in [7, 11) is 0. The van der Waals surface area contributed by atoms with Crippen molar-refractivity contribution in [3.05, 3.63) is 23.7 Å². The van der Waals surface area contributed by atoms with Gasteiger partial charge in [0.25, 0.3) is 0 Å². The minimum absolute atomic E-state index is 0.445. The van der Waals surface area contributed by atoms with Gasteiger partial charge in [-0.25, -0.2) is 0 Å². The summed E-state index contributed by atoms with van der Waals surface area (Å²) in [5.41, 5.74) is 0. The molecule has 3 rings (SSSR count). The molecule has 1 saturated heterocycles. The largest absolute Gasteiger partial charge is 0.464 e. The highest BCUT2D eigenvalue weighted by atomic mass is 32.2. The highest BCUT2D eigenvalue weighted by molar-refractivity contribution is 8.00. The second kappa shape index (κ2) is 4.93. The summed E-state index contributed by atoms with van der Waals surface area (Å²) in [5, 5.41) is 3.55. The van der Waals surface area contributed by atoms with Gasteiger partial charge in [0.15, 0.2) is 0 Å². The Hall–Kier alpha value is -0.410. The number of thioether (sulfide) groups is 1. The number of furan rings is 1. The molecule has 3 atom stereocenters. The van der Waals surface area contributed by atoms with Gasteiger partial charge >= 0.3 is 0 Å². The van der Waals surface area contributed by atoms with Crippen LogP contribution in [0.3, 0.4) is 0 Å². The summed E-state index contributed by atoms with van der Waals surface area (Å²) < 4.78 is 6.35. The predicted octanol–water partition coefficient (Wildman–Crippen LogP) is 3.78. The van der Waals surface area contributed by atoms with Crippen molar-refractivity contribution in [1.29, 1.82) is 0 Å². The van der Waals surface area contributed by atoms with E-state index >= 15 is 0 Å². The van der Waals surface area contributed by atoms with E-state index in [1.165, 1.54) is 30.8 Å². The number of hydrogen-bond donors (Lipinski definition) is 1.